The zero-order valence-corrected chi connectivity index (χ0v) is 10.0. The predicted octanol–water partition coefficient (Wildman–Crippen LogP) is 1.47. The molecule has 104 valence electrons. The number of nitrogens with two attached hydrogens (primary N) is 1. The zero-order chi connectivity index (χ0) is 14.0. The molecule has 0 atom stereocenters. The highest BCUT2D eigenvalue weighted by Gasteiger charge is 2.42. The van der Waals surface area contributed by atoms with E-state index in [2.05, 4.69) is 9.97 Å². The number of piperidine rings is 1. The van der Waals surface area contributed by atoms with Gasteiger partial charge in [0.25, 0.3) is 5.91 Å². The van der Waals surface area contributed by atoms with Gasteiger partial charge in [0.05, 0.1) is 5.92 Å². The maximum absolute atomic E-state index is 12.5. The van der Waals surface area contributed by atoms with Crippen LogP contribution in [0.25, 0.3) is 0 Å². The third-order valence-electron chi connectivity index (χ3n) is 3.17. The number of carbonyl (C=O) groups is 1. The van der Waals surface area contributed by atoms with Gasteiger partial charge < -0.3 is 10.6 Å². The topological polar surface area (TPSA) is 72.1 Å². The van der Waals surface area contributed by atoms with Crippen molar-refractivity contribution in [2.75, 3.05) is 18.8 Å². The summed E-state index contributed by atoms with van der Waals surface area (Å²) < 4.78 is 37.5. The van der Waals surface area contributed by atoms with Crippen molar-refractivity contribution < 1.29 is 18.0 Å². The van der Waals surface area contributed by atoms with Crippen LogP contribution in [-0.4, -0.2) is 40.0 Å². The molecule has 0 saturated carbocycles. The maximum Gasteiger partial charge on any atom is 0.391 e. The molecule has 19 heavy (non-hydrogen) atoms. The molecule has 5 nitrogen and oxygen atoms in total. The first kappa shape index (κ1) is 13.6. The van der Waals surface area contributed by atoms with Crippen molar-refractivity contribution in [3.8, 4) is 0 Å². The van der Waals surface area contributed by atoms with Crippen molar-refractivity contribution in [1.82, 2.24) is 14.9 Å². The smallest absolute Gasteiger partial charge is 0.382 e. The lowest BCUT2D eigenvalue weighted by atomic mass is 9.96. The van der Waals surface area contributed by atoms with Crippen LogP contribution < -0.4 is 5.73 Å². The van der Waals surface area contributed by atoms with E-state index in [1.165, 1.54) is 17.3 Å². The first-order chi connectivity index (χ1) is 8.89. The average molecular weight is 274 g/mol. The highest BCUT2D eigenvalue weighted by atomic mass is 19.4. The molecule has 0 unspecified atom stereocenters. The standard InChI is InChI=1S/C11H13F3N4O/c12-11(13,14)7-1-5-18(6-2-7)10(19)8-9(15)17-4-3-16-8/h3-4,7H,1-2,5-6H2,(H2,15,17). The van der Waals surface area contributed by atoms with Gasteiger partial charge in [-0.2, -0.15) is 13.2 Å². The Hall–Kier alpha value is -1.86. The number of likely N-dealkylation sites (tertiary alicyclic amines) is 1. The summed E-state index contributed by atoms with van der Waals surface area (Å²) >= 11 is 0. The van der Waals surface area contributed by atoms with Crippen molar-refractivity contribution in [2.45, 2.75) is 19.0 Å². The molecular weight excluding hydrogens is 261 g/mol. The first-order valence-corrected chi connectivity index (χ1v) is 5.82. The van der Waals surface area contributed by atoms with Gasteiger partial charge in [0.15, 0.2) is 11.5 Å². The molecule has 1 fully saturated rings. The third-order valence-corrected chi connectivity index (χ3v) is 3.17. The minimum atomic E-state index is -4.19. The second kappa shape index (κ2) is 5.02. The number of rotatable bonds is 1. The maximum atomic E-state index is 12.5. The Bertz CT molecular complexity index is 469. The number of carbonyl (C=O) groups excluding carboxylic acids is 1. The van der Waals surface area contributed by atoms with E-state index in [4.69, 9.17) is 5.73 Å². The van der Waals surface area contributed by atoms with Gasteiger partial charge in [0.1, 0.15) is 0 Å². The lowest BCUT2D eigenvalue weighted by Gasteiger charge is -2.32. The van der Waals surface area contributed by atoms with Crippen molar-refractivity contribution in [2.24, 2.45) is 5.92 Å². The molecule has 1 amide bonds. The van der Waals surface area contributed by atoms with E-state index in [1.807, 2.05) is 0 Å². The summed E-state index contributed by atoms with van der Waals surface area (Å²) in [6.07, 6.45) is -1.69. The summed E-state index contributed by atoms with van der Waals surface area (Å²) in [7, 11) is 0. The van der Waals surface area contributed by atoms with Crippen molar-refractivity contribution in [1.29, 1.82) is 0 Å². The Labute approximate surface area is 107 Å². The van der Waals surface area contributed by atoms with Crippen molar-refractivity contribution in [3.05, 3.63) is 18.1 Å². The SMILES string of the molecule is Nc1nccnc1C(=O)N1CCC(C(F)(F)F)CC1. The molecule has 2 heterocycles. The minimum absolute atomic E-state index is 0.00652. The van der Waals surface area contributed by atoms with E-state index in [1.54, 1.807) is 0 Å². The second-order valence-corrected chi connectivity index (χ2v) is 4.40. The fraction of sp³-hybridized carbons (Fsp3) is 0.545. The second-order valence-electron chi connectivity index (χ2n) is 4.40. The monoisotopic (exact) mass is 274 g/mol. The molecule has 1 aromatic heterocycles. The molecule has 1 saturated heterocycles. The van der Waals surface area contributed by atoms with E-state index in [-0.39, 0.29) is 37.4 Å². The molecule has 1 aliphatic rings. The molecule has 0 spiro atoms. The third kappa shape index (κ3) is 2.94. The molecule has 8 heteroatoms. The number of amides is 1. The van der Waals surface area contributed by atoms with Crippen LogP contribution >= 0.6 is 0 Å². The number of anilines is 1. The molecule has 1 aliphatic heterocycles. The highest BCUT2D eigenvalue weighted by molar-refractivity contribution is 5.96. The molecule has 2 rings (SSSR count). The van der Waals surface area contributed by atoms with Crippen LogP contribution in [0.2, 0.25) is 0 Å². The summed E-state index contributed by atoms with van der Waals surface area (Å²) in [5.41, 5.74) is 5.52. The van der Waals surface area contributed by atoms with Gasteiger partial charge in [-0.1, -0.05) is 0 Å². The molecule has 0 bridgehead atoms. The number of halogens is 3. The summed E-state index contributed by atoms with van der Waals surface area (Å²) in [5, 5.41) is 0. The number of hydrogen-bond acceptors (Lipinski definition) is 4. The van der Waals surface area contributed by atoms with Crippen LogP contribution in [0.5, 0.6) is 0 Å². The zero-order valence-electron chi connectivity index (χ0n) is 10.0. The number of hydrogen-bond donors (Lipinski definition) is 1. The fourth-order valence-corrected chi connectivity index (χ4v) is 2.07. The van der Waals surface area contributed by atoms with Gasteiger partial charge >= 0.3 is 6.18 Å². The highest BCUT2D eigenvalue weighted by Crippen LogP contribution is 2.34. The van der Waals surface area contributed by atoms with Gasteiger partial charge in [0.2, 0.25) is 0 Å². The van der Waals surface area contributed by atoms with Crippen LogP contribution in [0.1, 0.15) is 23.3 Å². The number of nitrogens with zero attached hydrogens (tertiary/aromatic N) is 3. The quantitative estimate of drug-likeness (QED) is 0.841. The van der Waals surface area contributed by atoms with Crippen LogP contribution in [0.15, 0.2) is 12.4 Å². The summed E-state index contributed by atoms with van der Waals surface area (Å²) in [6.45, 7) is 0.109. The van der Waals surface area contributed by atoms with Crippen LogP contribution in [0.4, 0.5) is 19.0 Å². The molecular formula is C11H13F3N4O. The fourth-order valence-electron chi connectivity index (χ4n) is 2.07. The van der Waals surface area contributed by atoms with Crippen molar-refractivity contribution >= 4 is 11.7 Å². The van der Waals surface area contributed by atoms with E-state index in [0.717, 1.165) is 0 Å². The van der Waals surface area contributed by atoms with Crippen LogP contribution in [-0.2, 0) is 0 Å². The first-order valence-electron chi connectivity index (χ1n) is 5.82. The lowest BCUT2D eigenvalue weighted by molar-refractivity contribution is -0.183. The lowest BCUT2D eigenvalue weighted by Crippen LogP contribution is -2.42. The molecule has 0 aromatic carbocycles. The normalized spacial score (nSPS) is 17.5. The number of alkyl halides is 3. The Balaban J connectivity index is 2.03. The Morgan fingerprint density at radius 3 is 2.37 bits per heavy atom. The van der Waals surface area contributed by atoms with Gasteiger partial charge in [-0.05, 0) is 12.8 Å². The molecule has 2 N–H and O–H groups in total. The van der Waals surface area contributed by atoms with Crippen LogP contribution in [0, 0.1) is 5.92 Å². The van der Waals surface area contributed by atoms with Crippen LogP contribution in [0.3, 0.4) is 0 Å². The summed E-state index contributed by atoms with van der Waals surface area (Å²) in [6, 6.07) is 0. The van der Waals surface area contributed by atoms with E-state index >= 15 is 0 Å². The number of aromatic nitrogens is 2. The molecule has 0 aliphatic carbocycles. The van der Waals surface area contributed by atoms with Gasteiger partial charge in [0, 0.05) is 25.5 Å². The van der Waals surface area contributed by atoms with E-state index < -0.39 is 18.0 Å². The Morgan fingerprint density at radius 2 is 1.84 bits per heavy atom. The van der Waals surface area contributed by atoms with Gasteiger partial charge in [-0.25, -0.2) is 9.97 Å². The largest absolute Gasteiger partial charge is 0.391 e. The van der Waals surface area contributed by atoms with Crippen molar-refractivity contribution in [3.63, 3.8) is 0 Å². The Morgan fingerprint density at radius 1 is 1.26 bits per heavy atom. The number of nitrogen functional groups attached to an aromatic ring is 1. The van der Waals surface area contributed by atoms with E-state index in [0.29, 0.717) is 0 Å². The van der Waals surface area contributed by atoms with Gasteiger partial charge in [-0.15, -0.1) is 0 Å². The van der Waals surface area contributed by atoms with Gasteiger partial charge in [-0.3, -0.25) is 4.79 Å². The summed E-state index contributed by atoms with van der Waals surface area (Å²) in [5.74, 6) is -1.81. The molecule has 0 radical (unpaired) electrons. The average Bonchev–Trinajstić information content (AvgIpc) is 2.38. The summed E-state index contributed by atoms with van der Waals surface area (Å²) in [4.78, 5) is 20.9. The predicted molar refractivity (Wildman–Crippen MR) is 61.1 cm³/mol. The van der Waals surface area contributed by atoms with E-state index in [9.17, 15) is 18.0 Å². The minimum Gasteiger partial charge on any atom is -0.382 e. The molecule has 1 aromatic rings. The Kier molecular flexibility index (Phi) is 3.59.